The quantitative estimate of drug-likeness (QED) is 0.226. The van der Waals surface area contributed by atoms with Crippen molar-refractivity contribution in [3.63, 3.8) is 0 Å². The van der Waals surface area contributed by atoms with Crippen LogP contribution in [0.5, 0.6) is 5.75 Å². The van der Waals surface area contributed by atoms with E-state index < -0.39 is 5.97 Å². The van der Waals surface area contributed by atoms with Crippen molar-refractivity contribution in [3.8, 4) is 5.75 Å². The van der Waals surface area contributed by atoms with Crippen molar-refractivity contribution < 1.29 is 19.4 Å². The van der Waals surface area contributed by atoms with E-state index in [1.165, 1.54) is 11.8 Å². The molecule has 39 heavy (non-hydrogen) atoms. The van der Waals surface area contributed by atoms with E-state index in [1.54, 1.807) is 77.7 Å². The van der Waals surface area contributed by atoms with Crippen molar-refractivity contribution >= 4 is 69.5 Å². The van der Waals surface area contributed by atoms with Gasteiger partial charge in [-0.1, -0.05) is 47.5 Å². The van der Waals surface area contributed by atoms with Gasteiger partial charge in [-0.05, 0) is 102 Å². The lowest BCUT2D eigenvalue weighted by Gasteiger charge is -2.15. The summed E-state index contributed by atoms with van der Waals surface area (Å²) in [6, 6.07) is 28.0. The normalized spacial score (nSPS) is 15.2. The zero-order chi connectivity index (χ0) is 27.4. The monoisotopic (exact) mass is 574 g/mol. The Balaban J connectivity index is 1.35. The predicted molar refractivity (Wildman–Crippen MR) is 157 cm³/mol. The van der Waals surface area contributed by atoms with Crippen LogP contribution in [0.15, 0.2) is 107 Å². The van der Waals surface area contributed by atoms with Gasteiger partial charge in [-0.3, -0.25) is 9.69 Å². The van der Waals surface area contributed by atoms with Gasteiger partial charge < -0.3 is 9.84 Å². The minimum absolute atomic E-state index is 0.194. The van der Waals surface area contributed by atoms with Crippen LogP contribution in [0.1, 0.15) is 21.5 Å². The van der Waals surface area contributed by atoms with Crippen LogP contribution in [0.3, 0.4) is 0 Å². The number of hydrogen-bond donors (Lipinski definition) is 1. The summed E-state index contributed by atoms with van der Waals surface area (Å²) in [6.07, 6.45) is 1.81. The summed E-state index contributed by atoms with van der Waals surface area (Å²) < 4.78 is 5.83. The first-order valence-electron chi connectivity index (χ1n) is 11.7. The molecule has 0 spiro atoms. The van der Waals surface area contributed by atoms with E-state index in [0.29, 0.717) is 43.8 Å². The topological polar surface area (TPSA) is 79.2 Å². The van der Waals surface area contributed by atoms with E-state index >= 15 is 0 Å². The summed E-state index contributed by atoms with van der Waals surface area (Å²) in [5.74, 6) is -0.511. The zero-order valence-electron chi connectivity index (χ0n) is 20.3. The van der Waals surface area contributed by atoms with E-state index in [1.807, 2.05) is 30.3 Å². The molecular weight excluding hydrogens is 555 g/mol. The van der Waals surface area contributed by atoms with Crippen molar-refractivity contribution in [2.24, 2.45) is 4.99 Å². The van der Waals surface area contributed by atoms with Crippen molar-refractivity contribution in [3.05, 3.63) is 129 Å². The molecule has 0 aromatic heterocycles. The Morgan fingerprint density at radius 3 is 2.10 bits per heavy atom. The molecule has 1 aliphatic rings. The van der Waals surface area contributed by atoms with Gasteiger partial charge in [0, 0.05) is 10.0 Å². The van der Waals surface area contributed by atoms with Crippen molar-refractivity contribution in [1.29, 1.82) is 0 Å². The van der Waals surface area contributed by atoms with Crippen molar-refractivity contribution in [1.82, 2.24) is 0 Å². The SMILES string of the molecule is O=C(O)c1ccc(COc2ccc(/C=C3\SC(=Nc4ccc(Cl)cc4)N(c4ccc(Cl)cc4)C3=O)cc2)cc1. The number of carboxylic acids is 1. The maximum Gasteiger partial charge on any atom is 0.335 e. The van der Waals surface area contributed by atoms with Gasteiger partial charge in [0.15, 0.2) is 5.17 Å². The third kappa shape index (κ3) is 6.52. The van der Waals surface area contributed by atoms with Gasteiger partial charge in [-0.25, -0.2) is 9.79 Å². The molecule has 6 nitrogen and oxygen atoms in total. The van der Waals surface area contributed by atoms with Gasteiger partial charge in [-0.2, -0.15) is 0 Å². The molecule has 4 aromatic carbocycles. The molecule has 194 valence electrons. The summed E-state index contributed by atoms with van der Waals surface area (Å²) in [5, 5.41) is 10.7. The summed E-state index contributed by atoms with van der Waals surface area (Å²) in [6.45, 7) is 0.301. The second-order valence-corrected chi connectivity index (χ2v) is 10.3. The van der Waals surface area contributed by atoms with Crippen LogP contribution in [0.2, 0.25) is 10.0 Å². The van der Waals surface area contributed by atoms with E-state index in [-0.39, 0.29) is 11.5 Å². The van der Waals surface area contributed by atoms with Gasteiger partial charge >= 0.3 is 5.97 Å². The minimum Gasteiger partial charge on any atom is -0.489 e. The van der Waals surface area contributed by atoms with Crippen LogP contribution in [0, 0.1) is 0 Å². The molecule has 9 heteroatoms. The highest BCUT2D eigenvalue weighted by Crippen LogP contribution is 2.38. The Bertz CT molecular complexity index is 1570. The first-order valence-corrected chi connectivity index (χ1v) is 13.3. The van der Waals surface area contributed by atoms with Crippen LogP contribution >= 0.6 is 35.0 Å². The maximum absolute atomic E-state index is 13.5. The Labute approximate surface area is 239 Å². The second kappa shape index (κ2) is 11.8. The molecule has 1 heterocycles. The van der Waals surface area contributed by atoms with Gasteiger partial charge in [0.2, 0.25) is 0 Å². The van der Waals surface area contributed by atoms with E-state index in [4.69, 9.17) is 38.0 Å². The number of ether oxygens (including phenoxy) is 1. The molecule has 0 radical (unpaired) electrons. The van der Waals surface area contributed by atoms with Gasteiger partial charge in [0.25, 0.3) is 5.91 Å². The minimum atomic E-state index is -0.967. The van der Waals surface area contributed by atoms with Crippen molar-refractivity contribution in [2.45, 2.75) is 6.61 Å². The number of thioether (sulfide) groups is 1. The number of carbonyl (C=O) groups excluding carboxylic acids is 1. The third-order valence-corrected chi connectivity index (χ3v) is 7.20. The summed E-state index contributed by atoms with van der Waals surface area (Å²) in [5.41, 5.74) is 3.25. The lowest BCUT2D eigenvalue weighted by atomic mass is 10.1. The molecule has 1 saturated heterocycles. The van der Waals surface area contributed by atoms with Gasteiger partial charge in [0.05, 0.1) is 21.8 Å². The number of aliphatic imine (C=N–C) groups is 1. The third-order valence-electron chi connectivity index (χ3n) is 5.73. The highest BCUT2D eigenvalue weighted by atomic mass is 35.5. The van der Waals surface area contributed by atoms with Gasteiger partial charge in [-0.15, -0.1) is 0 Å². The Morgan fingerprint density at radius 2 is 1.49 bits per heavy atom. The number of benzene rings is 4. The standard InChI is InChI=1S/C30H20Cl2N2O4S/c31-22-7-11-24(12-8-22)33-30-34(25-13-9-23(32)10-14-25)28(35)27(39-30)17-19-3-15-26(16-4-19)38-18-20-1-5-21(6-2-20)29(36)37/h1-17H,18H2,(H,36,37)/b27-17-,33-30?. The second-order valence-electron chi connectivity index (χ2n) is 8.46. The smallest absolute Gasteiger partial charge is 0.335 e. The average Bonchev–Trinajstić information content (AvgIpc) is 3.24. The maximum atomic E-state index is 13.5. The molecule has 0 bridgehead atoms. The molecule has 1 amide bonds. The van der Waals surface area contributed by atoms with Crippen LogP contribution in [0.25, 0.3) is 6.08 Å². The molecule has 4 aromatic rings. The number of amides is 1. The van der Waals surface area contributed by atoms with Crippen LogP contribution in [-0.4, -0.2) is 22.2 Å². The summed E-state index contributed by atoms with van der Waals surface area (Å²) in [7, 11) is 0. The Kier molecular flexibility index (Phi) is 8.02. The summed E-state index contributed by atoms with van der Waals surface area (Å²) >= 11 is 13.4. The molecule has 5 rings (SSSR count). The Morgan fingerprint density at radius 1 is 0.872 bits per heavy atom. The van der Waals surface area contributed by atoms with Crippen LogP contribution in [-0.2, 0) is 11.4 Å². The number of anilines is 1. The van der Waals surface area contributed by atoms with Crippen LogP contribution in [0.4, 0.5) is 11.4 Å². The lowest BCUT2D eigenvalue weighted by molar-refractivity contribution is -0.113. The number of carbonyl (C=O) groups is 2. The predicted octanol–water partition coefficient (Wildman–Crippen LogP) is 8.08. The van der Waals surface area contributed by atoms with Crippen LogP contribution < -0.4 is 9.64 Å². The fourth-order valence-electron chi connectivity index (χ4n) is 3.71. The molecule has 0 aliphatic carbocycles. The van der Waals surface area contributed by atoms with E-state index in [0.717, 1.165) is 11.1 Å². The number of hydrogen-bond acceptors (Lipinski definition) is 5. The molecule has 0 unspecified atom stereocenters. The number of aromatic carboxylic acids is 1. The number of carboxylic acid groups (broad SMARTS) is 1. The number of amidine groups is 1. The highest BCUT2D eigenvalue weighted by Gasteiger charge is 2.34. The fraction of sp³-hybridized carbons (Fsp3) is 0.0333. The molecule has 1 fully saturated rings. The number of halogens is 2. The molecule has 1 N–H and O–H groups in total. The molecular formula is C30H20Cl2N2O4S. The molecule has 0 saturated carbocycles. The first-order chi connectivity index (χ1) is 18.9. The highest BCUT2D eigenvalue weighted by molar-refractivity contribution is 8.19. The summed E-state index contributed by atoms with van der Waals surface area (Å²) in [4.78, 5) is 31.3. The number of nitrogens with zero attached hydrogens (tertiary/aromatic N) is 2. The largest absolute Gasteiger partial charge is 0.489 e. The fourth-order valence-corrected chi connectivity index (χ4v) is 4.97. The Hall–Kier alpha value is -4.04. The average molecular weight is 575 g/mol. The molecule has 0 atom stereocenters. The lowest BCUT2D eigenvalue weighted by Crippen LogP contribution is -2.28. The van der Waals surface area contributed by atoms with E-state index in [2.05, 4.69) is 0 Å². The van der Waals surface area contributed by atoms with Crippen molar-refractivity contribution in [2.75, 3.05) is 4.90 Å². The van der Waals surface area contributed by atoms with Gasteiger partial charge in [0.1, 0.15) is 12.4 Å². The number of rotatable bonds is 7. The first kappa shape index (κ1) is 26.6. The van der Waals surface area contributed by atoms with E-state index in [9.17, 15) is 9.59 Å². The zero-order valence-corrected chi connectivity index (χ0v) is 22.6. The molecule has 1 aliphatic heterocycles.